The van der Waals surface area contributed by atoms with Gasteiger partial charge in [0.2, 0.25) is 5.91 Å². The third kappa shape index (κ3) is 4.98. The molecule has 25 heavy (non-hydrogen) atoms. The zero-order chi connectivity index (χ0) is 17.6. The van der Waals surface area contributed by atoms with Crippen LogP contribution in [0.1, 0.15) is 16.1 Å². The van der Waals surface area contributed by atoms with Crippen LogP contribution >= 0.6 is 23.6 Å². The fourth-order valence-electron chi connectivity index (χ4n) is 2.27. The Hall–Kier alpha value is -2.51. The van der Waals surface area contributed by atoms with Crippen molar-refractivity contribution in [1.82, 2.24) is 9.97 Å². The third-order valence-corrected chi connectivity index (χ3v) is 4.83. The highest BCUT2D eigenvalue weighted by atomic mass is 32.1. The molecule has 5 nitrogen and oxygen atoms in total. The van der Waals surface area contributed by atoms with Gasteiger partial charge in [-0.3, -0.25) is 9.78 Å². The lowest BCUT2D eigenvalue weighted by Gasteiger charge is -2.09. The number of carbonyl (C=O) groups is 1. The summed E-state index contributed by atoms with van der Waals surface area (Å²) in [6.45, 7) is 2.35. The van der Waals surface area contributed by atoms with E-state index < -0.39 is 0 Å². The van der Waals surface area contributed by atoms with Crippen LogP contribution in [0.4, 0.5) is 5.69 Å². The second-order valence-corrected chi connectivity index (χ2v) is 7.24. The summed E-state index contributed by atoms with van der Waals surface area (Å²) in [5.41, 5.74) is 2.63. The van der Waals surface area contributed by atoms with Gasteiger partial charge in [0.25, 0.3) is 0 Å². The van der Waals surface area contributed by atoms with Gasteiger partial charge < -0.3 is 15.0 Å². The molecule has 0 radical (unpaired) electrons. The van der Waals surface area contributed by atoms with E-state index in [4.69, 9.17) is 17.0 Å². The molecule has 2 heterocycles. The van der Waals surface area contributed by atoms with Gasteiger partial charge in [0, 0.05) is 40.3 Å². The number of thiazole rings is 1. The van der Waals surface area contributed by atoms with E-state index in [1.165, 1.54) is 11.3 Å². The number of benzene rings is 1. The number of amides is 1. The molecule has 0 atom stereocenters. The highest BCUT2D eigenvalue weighted by Gasteiger charge is 2.09. The molecule has 3 aromatic rings. The van der Waals surface area contributed by atoms with E-state index in [0.717, 1.165) is 16.1 Å². The Balaban J connectivity index is 1.60. The Kier molecular flexibility index (Phi) is 5.57. The topological polar surface area (TPSA) is 67.0 Å². The Morgan fingerprint density at radius 2 is 2.24 bits per heavy atom. The van der Waals surface area contributed by atoms with Crippen molar-refractivity contribution < 1.29 is 9.53 Å². The minimum atomic E-state index is -0.0854. The number of aromatic nitrogens is 2. The van der Waals surface area contributed by atoms with Crippen molar-refractivity contribution in [3.05, 3.63) is 68.9 Å². The summed E-state index contributed by atoms with van der Waals surface area (Å²) in [4.78, 5) is 20.3. The molecule has 0 unspecified atom stereocenters. The third-order valence-electron chi connectivity index (χ3n) is 3.49. The quantitative estimate of drug-likeness (QED) is 0.635. The predicted molar refractivity (Wildman–Crippen MR) is 102 cm³/mol. The van der Waals surface area contributed by atoms with Crippen LogP contribution < -0.4 is 10.1 Å². The van der Waals surface area contributed by atoms with Gasteiger partial charge in [0.1, 0.15) is 12.4 Å². The van der Waals surface area contributed by atoms with E-state index in [-0.39, 0.29) is 5.91 Å². The molecular weight excluding hydrogens is 354 g/mol. The summed E-state index contributed by atoms with van der Waals surface area (Å²) in [5.74, 6) is 0.605. The fraction of sp³-hybridized carbons (Fsp3) is 0.167. The first-order chi connectivity index (χ1) is 12.1. The van der Waals surface area contributed by atoms with Crippen molar-refractivity contribution in [3.63, 3.8) is 0 Å². The zero-order valence-corrected chi connectivity index (χ0v) is 15.2. The van der Waals surface area contributed by atoms with Crippen molar-refractivity contribution >= 4 is 35.1 Å². The highest BCUT2D eigenvalue weighted by molar-refractivity contribution is 7.73. The van der Waals surface area contributed by atoms with Gasteiger partial charge in [-0.15, -0.1) is 11.3 Å². The number of anilines is 1. The molecule has 0 fully saturated rings. The molecule has 0 aliphatic heterocycles. The van der Waals surface area contributed by atoms with Crippen molar-refractivity contribution in [1.29, 1.82) is 0 Å². The lowest BCUT2D eigenvalue weighted by molar-refractivity contribution is -0.115. The van der Waals surface area contributed by atoms with Crippen molar-refractivity contribution in [2.45, 2.75) is 20.0 Å². The van der Waals surface area contributed by atoms with Crippen molar-refractivity contribution in [3.8, 4) is 5.75 Å². The summed E-state index contributed by atoms with van der Waals surface area (Å²) >= 11 is 6.53. The molecule has 128 valence electrons. The summed E-state index contributed by atoms with van der Waals surface area (Å²) in [5, 5.41) is 2.89. The molecule has 7 heteroatoms. The lowest BCUT2D eigenvalue weighted by atomic mass is 10.2. The fourth-order valence-corrected chi connectivity index (χ4v) is 3.56. The van der Waals surface area contributed by atoms with E-state index in [0.29, 0.717) is 28.4 Å². The lowest BCUT2D eigenvalue weighted by Crippen LogP contribution is -2.14. The molecule has 2 aromatic heterocycles. The van der Waals surface area contributed by atoms with Gasteiger partial charge in [-0.25, -0.2) is 0 Å². The second-order valence-electron chi connectivity index (χ2n) is 5.47. The number of ether oxygens (including phenoxy) is 1. The van der Waals surface area contributed by atoms with Crippen LogP contribution in [0, 0.1) is 10.9 Å². The molecule has 2 N–H and O–H groups in total. The van der Waals surface area contributed by atoms with Crippen LogP contribution in [0.5, 0.6) is 5.75 Å². The Labute approximate surface area is 154 Å². The summed E-state index contributed by atoms with van der Waals surface area (Å²) in [7, 11) is 0. The molecular formula is C18H17N3O2S2. The normalized spacial score (nSPS) is 10.4. The molecule has 0 aliphatic rings. The van der Waals surface area contributed by atoms with Crippen LogP contribution in [0.25, 0.3) is 0 Å². The maximum absolute atomic E-state index is 12.2. The molecule has 0 spiro atoms. The number of nitrogens with one attached hydrogen (secondary N) is 2. The van der Waals surface area contributed by atoms with E-state index >= 15 is 0 Å². The van der Waals surface area contributed by atoms with Crippen LogP contribution in [-0.2, 0) is 17.8 Å². The first-order valence-electron chi connectivity index (χ1n) is 7.70. The maximum Gasteiger partial charge on any atom is 0.229 e. The Morgan fingerprint density at radius 1 is 1.36 bits per heavy atom. The van der Waals surface area contributed by atoms with Gasteiger partial charge in [0.15, 0.2) is 3.95 Å². The highest BCUT2D eigenvalue weighted by Crippen LogP contribution is 2.20. The average Bonchev–Trinajstić information content (AvgIpc) is 2.91. The van der Waals surface area contributed by atoms with E-state index in [1.54, 1.807) is 18.5 Å². The summed E-state index contributed by atoms with van der Waals surface area (Å²) < 4.78 is 6.43. The van der Waals surface area contributed by atoms with Gasteiger partial charge >= 0.3 is 0 Å². The molecule has 0 aliphatic carbocycles. The molecule has 3 rings (SSSR count). The first kappa shape index (κ1) is 17.3. The predicted octanol–water partition coefficient (Wildman–Crippen LogP) is 4.27. The molecule has 0 saturated heterocycles. The van der Waals surface area contributed by atoms with Crippen molar-refractivity contribution in [2.24, 2.45) is 0 Å². The number of H-pyrrole nitrogens is 1. The SMILES string of the molecule is Cc1[nH]c(=S)sc1CC(=O)Nc1cccc(OCc2cccnc2)c1. The Bertz CT molecular complexity index is 919. The summed E-state index contributed by atoms with van der Waals surface area (Å²) in [6, 6.07) is 11.2. The number of hydrogen-bond donors (Lipinski definition) is 2. The molecule has 1 aromatic carbocycles. The molecule has 1 amide bonds. The van der Waals surface area contributed by atoms with Crippen LogP contribution in [0.15, 0.2) is 48.8 Å². The number of hydrogen-bond acceptors (Lipinski definition) is 5. The van der Waals surface area contributed by atoms with Gasteiger partial charge in [-0.2, -0.15) is 0 Å². The van der Waals surface area contributed by atoms with E-state index in [2.05, 4.69) is 15.3 Å². The van der Waals surface area contributed by atoms with Gasteiger partial charge in [0.05, 0.1) is 6.42 Å². The zero-order valence-electron chi connectivity index (χ0n) is 13.6. The van der Waals surface area contributed by atoms with E-state index in [9.17, 15) is 4.79 Å². The number of aryl methyl sites for hydroxylation is 1. The number of carbonyl (C=O) groups excluding carboxylic acids is 1. The van der Waals surface area contributed by atoms with Crippen LogP contribution in [0.3, 0.4) is 0 Å². The van der Waals surface area contributed by atoms with E-state index in [1.807, 2.05) is 37.3 Å². The smallest absolute Gasteiger partial charge is 0.229 e. The Morgan fingerprint density at radius 3 is 2.96 bits per heavy atom. The second kappa shape index (κ2) is 8.04. The average molecular weight is 371 g/mol. The largest absolute Gasteiger partial charge is 0.489 e. The van der Waals surface area contributed by atoms with Gasteiger partial charge in [-0.05, 0) is 37.3 Å². The number of pyridine rings is 1. The first-order valence-corrected chi connectivity index (χ1v) is 8.93. The number of rotatable bonds is 6. The van der Waals surface area contributed by atoms with Crippen molar-refractivity contribution in [2.75, 3.05) is 5.32 Å². The number of aromatic amines is 1. The maximum atomic E-state index is 12.2. The summed E-state index contributed by atoms with van der Waals surface area (Å²) in [6.07, 6.45) is 3.78. The monoisotopic (exact) mass is 371 g/mol. The molecule has 0 saturated carbocycles. The molecule has 0 bridgehead atoms. The minimum absolute atomic E-state index is 0.0854. The van der Waals surface area contributed by atoms with Gasteiger partial charge in [-0.1, -0.05) is 12.1 Å². The van der Waals surface area contributed by atoms with Crippen LogP contribution in [0.2, 0.25) is 0 Å². The van der Waals surface area contributed by atoms with Crippen LogP contribution in [-0.4, -0.2) is 15.9 Å². The number of nitrogens with zero attached hydrogens (tertiary/aromatic N) is 1. The minimum Gasteiger partial charge on any atom is -0.489 e. The standard InChI is InChI=1S/C18H17N3O2S2/c1-12-16(25-18(24)20-12)9-17(22)21-14-5-2-6-15(8-14)23-11-13-4-3-7-19-10-13/h2-8,10H,9,11H2,1H3,(H,20,24)(H,21,22).